The summed E-state index contributed by atoms with van der Waals surface area (Å²) in [7, 11) is -2.59. The van der Waals surface area contributed by atoms with Crippen LogP contribution in [0.4, 0.5) is 0 Å². The molecule has 33 heavy (non-hydrogen) atoms. The lowest BCUT2D eigenvalue weighted by Crippen LogP contribution is -2.66. The minimum Gasteiger partial charge on any atom is -0.407 e. The number of aromatic nitrogens is 2. The monoisotopic (exact) mass is 522 g/mol. The van der Waals surface area contributed by atoms with E-state index in [2.05, 4.69) is 109 Å². The van der Waals surface area contributed by atoms with Crippen LogP contribution in [0.15, 0.2) is 88.1 Å². The van der Waals surface area contributed by atoms with Crippen molar-refractivity contribution in [2.75, 3.05) is 6.61 Å². The minimum atomic E-state index is -2.59. The normalized spacial score (nSPS) is 13.4. The van der Waals surface area contributed by atoms with E-state index in [0.29, 0.717) is 13.2 Å². The number of hydrogen-bond donors (Lipinski definition) is 1. The van der Waals surface area contributed by atoms with Gasteiger partial charge in [0.2, 0.25) is 0 Å². The average Bonchev–Trinajstić information content (AvgIpc) is 3.09. The Labute approximate surface area is 204 Å². The van der Waals surface area contributed by atoms with Crippen LogP contribution in [0.5, 0.6) is 0 Å². The standard InChI is InChI=1S/C27H31BrN2O2Si/c1-20(18-30-25-17-21(28)15-16-24(25)29-26(30)31)19-32-33(27(2,3)4,22-11-7-5-8-12-22)23-13-9-6-10-14-23/h5-17,20H,18-19H2,1-4H3,(H,29,31). The van der Waals surface area contributed by atoms with Crippen molar-refractivity contribution in [2.24, 2.45) is 5.92 Å². The fourth-order valence-corrected chi connectivity index (χ4v) is 9.74. The molecular weight excluding hydrogens is 492 g/mol. The topological polar surface area (TPSA) is 47.0 Å². The van der Waals surface area contributed by atoms with Crippen LogP contribution in [0.1, 0.15) is 27.7 Å². The van der Waals surface area contributed by atoms with Gasteiger partial charge in [-0.25, -0.2) is 4.79 Å². The summed E-state index contributed by atoms with van der Waals surface area (Å²) >= 11 is 3.52. The maximum absolute atomic E-state index is 12.6. The molecule has 172 valence electrons. The first-order valence-electron chi connectivity index (χ1n) is 11.4. The fraction of sp³-hybridized carbons (Fsp3) is 0.296. The van der Waals surface area contributed by atoms with Crippen molar-refractivity contribution in [3.05, 3.63) is 93.8 Å². The van der Waals surface area contributed by atoms with Gasteiger partial charge in [0.1, 0.15) is 0 Å². The zero-order chi connectivity index (χ0) is 23.6. The van der Waals surface area contributed by atoms with E-state index in [9.17, 15) is 4.79 Å². The number of imidazole rings is 1. The number of nitrogens with one attached hydrogen (secondary N) is 1. The van der Waals surface area contributed by atoms with Crippen molar-refractivity contribution in [1.29, 1.82) is 0 Å². The van der Waals surface area contributed by atoms with Crippen molar-refractivity contribution in [1.82, 2.24) is 9.55 Å². The second kappa shape index (κ2) is 9.45. The van der Waals surface area contributed by atoms with E-state index in [1.807, 2.05) is 22.8 Å². The zero-order valence-electron chi connectivity index (χ0n) is 19.6. The Kier molecular flexibility index (Phi) is 6.80. The van der Waals surface area contributed by atoms with Gasteiger partial charge in [-0.2, -0.15) is 0 Å². The quantitative estimate of drug-likeness (QED) is 0.334. The molecule has 0 aliphatic heterocycles. The molecule has 0 bridgehead atoms. The number of nitrogens with zero attached hydrogens (tertiary/aromatic N) is 1. The van der Waals surface area contributed by atoms with Crippen molar-refractivity contribution in [3.8, 4) is 0 Å². The molecule has 0 saturated carbocycles. The predicted molar refractivity (Wildman–Crippen MR) is 143 cm³/mol. The number of halogens is 1. The molecule has 0 aliphatic carbocycles. The number of aromatic amines is 1. The predicted octanol–water partition coefficient (Wildman–Crippen LogP) is 5.30. The molecular formula is C27H31BrN2O2Si. The number of benzene rings is 3. The number of H-pyrrole nitrogens is 1. The Morgan fingerprint density at radius 3 is 2.09 bits per heavy atom. The third-order valence-electron chi connectivity index (χ3n) is 6.23. The van der Waals surface area contributed by atoms with Crippen LogP contribution in [0.3, 0.4) is 0 Å². The minimum absolute atomic E-state index is 0.0715. The van der Waals surface area contributed by atoms with Gasteiger partial charge in [-0.3, -0.25) is 4.57 Å². The van der Waals surface area contributed by atoms with Gasteiger partial charge in [0.05, 0.1) is 11.0 Å². The maximum atomic E-state index is 12.6. The first-order chi connectivity index (χ1) is 15.7. The lowest BCUT2D eigenvalue weighted by Gasteiger charge is -2.43. The maximum Gasteiger partial charge on any atom is 0.326 e. The highest BCUT2D eigenvalue weighted by atomic mass is 79.9. The van der Waals surface area contributed by atoms with E-state index in [0.717, 1.165) is 15.5 Å². The van der Waals surface area contributed by atoms with E-state index < -0.39 is 8.32 Å². The molecule has 0 fully saturated rings. The molecule has 0 radical (unpaired) electrons. The first kappa shape index (κ1) is 23.7. The van der Waals surface area contributed by atoms with Crippen molar-refractivity contribution in [2.45, 2.75) is 39.3 Å². The third kappa shape index (κ3) is 4.65. The van der Waals surface area contributed by atoms with Crippen LogP contribution in [0.2, 0.25) is 5.04 Å². The molecule has 4 nitrogen and oxygen atoms in total. The van der Waals surface area contributed by atoms with Crippen LogP contribution in [-0.4, -0.2) is 24.5 Å². The SMILES string of the molecule is CC(CO[Si](c1ccccc1)(c1ccccc1)C(C)(C)C)Cn1c(=O)[nH]c2ccc(Br)cc21. The third-order valence-corrected chi connectivity index (χ3v) is 11.7. The molecule has 3 aromatic carbocycles. The van der Waals surface area contributed by atoms with Crippen LogP contribution in [0.25, 0.3) is 11.0 Å². The van der Waals surface area contributed by atoms with Crippen LogP contribution in [-0.2, 0) is 11.0 Å². The molecule has 4 aromatic rings. The van der Waals surface area contributed by atoms with Gasteiger partial charge in [0.15, 0.2) is 0 Å². The molecule has 4 rings (SSSR count). The Balaban J connectivity index is 1.68. The lowest BCUT2D eigenvalue weighted by atomic mass is 10.2. The number of hydrogen-bond acceptors (Lipinski definition) is 2. The Bertz CT molecular complexity index is 1240. The Morgan fingerprint density at radius 2 is 1.55 bits per heavy atom. The average molecular weight is 524 g/mol. The van der Waals surface area contributed by atoms with Gasteiger partial charge < -0.3 is 9.41 Å². The molecule has 6 heteroatoms. The fourth-order valence-electron chi connectivity index (χ4n) is 4.70. The van der Waals surface area contributed by atoms with Gasteiger partial charge in [-0.15, -0.1) is 0 Å². The van der Waals surface area contributed by atoms with E-state index >= 15 is 0 Å². The summed E-state index contributed by atoms with van der Waals surface area (Å²) in [6, 6.07) is 27.2. The summed E-state index contributed by atoms with van der Waals surface area (Å²) < 4.78 is 9.83. The number of fused-ring (bicyclic) bond motifs is 1. The van der Waals surface area contributed by atoms with Gasteiger partial charge in [-0.05, 0) is 39.5 Å². The number of rotatable bonds is 7. The van der Waals surface area contributed by atoms with E-state index in [4.69, 9.17) is 4.43 Å². The van der Waals surface area contributed by atoms with Crippen molar-refractivity contribution < 1.29 is 4.43 Å². The van der Waals surface area contributed by atoms with E-state index in [-0.39, 0.29) is 16.6 Å². The summed E-state index contributed by atoms with van der Waals surface area (Å²) in [5.74, 6) is 0.155. The smallest absolute Gasteiger partial charge is 0.326 e. The summed E-state index contributed by atoms with van der Waals surface area (Å²) in [5.41, 5.74) is 1.68. The molecule has 1 N–H and O–H groups in total. The Morgan fingerprint density at radius 1 is 0.970 bits per heavy atom. The van der Waals surface area contributed by atoms with E-state index in [1.165, 1.54) is 10.4 Å². The summed E-state index contributed by atoms with van der Waals surface area (Å²) in [6.45, 7) is 10.2. The second-order valence-electron chi connectivity index (χ2n) is 9.78. The highest BCUT2D eigenvalue weighted by molar-refractivity contribution is 9.10. The second-order valence-corrected chi connectivity index (χ2v) is 15.0. The molecule has 0 aliphatic rings. The van der Waals surface area contributed by atoms with Gasteiger partial charge in [-0.1, -0.05) is 104 Å². The van der Waals surface area contributed by atoms with Gasteiger partial charge in [0.25, 0.3) is 8.32 Å². The van der Waals surface area contributed by atoms with Crippen LogP contribution in [0, 0.1) is 5.92 Å². The molecule has 1 atom stereocenters. The summed E-state index contributed by atoms with van der Waals surface area (Å²) in [5, 5.41) is 2.46. The first-order valence-corrected chi connectivity index (χ1v) is 14.1. The Hall–Kier alpha value is -2.41. The van der Waals surface area contributed by atoms with Crippen molar-refractivity contribution in [3.63, 3.8) is 0 Å². The summed E-state index contributed by atoms with van der Waals surface area (Å²) in [4.78, 5) is 15.6. The molecule has 0 spiro atoms. The van der Waals surface area contributed by atoms with Crippen LogP contribution < -0.4 is 16.1 Å². The molecule has 1 aromatic heterocycles. The molecule has 0 amide bonds. The molecule has 0 saturated heterocycles. The highest BCUT2D eigenvalue weighted by Gasteiger charge is 2.50. The summed E-state index contributed by atoms with van der Waals surface area (Å²) in [6.07, 6.45) is 0. The molecule has 1 unspecified atom stereocenters. The van der Waals surface area contributed by atoms with Crippen LogP contribution >= 0.6 is 15.9 Å². The zero-order valence-corrected chi connectivity index (χ0v) is 22.2. The largest absolute Gasteiger partial charge is 0.407 e. The highest BCUT2D eigenvalue weighted by Crippen LogP contribution is 2.37. The van der Waals surface area contributed by atoms with E-state index in [1.54, 1.807) is 0 Å². The van der Waals surface area contributed by atoms with Crippen molar-refractivity contribution >= 4 is 45.7 Å². The van der Waals surface area contributed by atoms with Gasteiger partial charge >= 0.3 is 5.69 Å². The lowest BCUT2D eigenvalue weighted by molar-refractivity contribution is 0.231. The molecule has 1 heterocycles. The van der Waals surface area contributed by atoms with Gasteiger partial charge in [0, 0.05) is 17.6 Å².